The topological polar surface area (TPSA) is 43.4 Å². The Morgan fingerprint density at radius 2 is 1.70 bits per heavy atom. The number of methoxy groups -OCH3 is 1. The highest BCUT2D eigenvalue weighted by molar-refractivity contribution is 9.10. The van der Waals surface area contributed by atoms with Crippen LogP contribution < -0.4 is 0 Å². The van der Waals surface area contributed by atoms with Crippen molar-refractivity contribution < 1.29 is 14.3 Å². The van der Waals surface area contributed by atoms with Gasteiger partial charge in [0.05, 0.1) is 7.11 Å². The summed E-state index contributed by atoms with van der Waals surface area (Å²) in [6.07, 6.45) is 0.514. The summed E-state index contributed by atoms with van der Waals surface area (Å²) in [5.41, 5.74) is 3.10. The number of ether oxygens (including phenoxy) is 1. The second kappa shape index (κ2) is 6.42. The van der Waals surface area contributed by atoms with E-state index in [0.717, 1.165) is 20.1 Å². The first-order chi connectivity index (χ1) is 11.0. The highest BCUT2D eigenvalue weighted by Gasteiger charge is 2.32. The van der Waals surface area contributed by atoms with E-state index in [1.807, 2.05) is 36.4 Å². The molecule has 0 aromatic heterocycles. The average molecular weight is 436 g/mol. The number of hydrogen-bond donors (Lipinski definition) is 0. The van der Waals surface area contributed by atoms with Crippen LogP contribution in [0.1, 0.15) is 21.5 Å². The number of halogens is 2. The molecule has 116 valence electrons. The van der Waals surface area contributed by atoms with Gasteiger partial charge in [-0.3, -0.25) is 4.79 Å². The molecule has 0 amide bonds. The maximum atomic E-state index is 12.8. The lowest BCUT2D eigenvalue weighted by Gasteiger charge is -2.21. The number of esters is 1. The van der Waals surface area contributed by atoms with Gasteiger partial charge >= 0.3 is 5.97 Å². The van der Waals surface area contributed by atoms with Crippen molar-refractivity contribution in [3.63, 3.8) is 0 Å². The van der Waals surface area contributed by atoms with Crippen molar-refractivity contribution in [1.29, 1.82) is 0 Å². The molecule has 3 rings (SSSR count). The lowest BCUT2D eigenvalue weighted by molar-refractivity contribution is -0.135. The number of Topliss-reactive ketones (excluding diaryl/α,β-unsaturated/α-hetero) is 1. The number of fused-ring (bicyclic) bond motifs is 1. The van der Waals surface area contributed by atoms with Crippen molar-refractivity contribution in [2.75, 3.05) is 7.11 Å². The van der Waals surface area contributed by atoms with E-state index in [2.05, 4.69) is 31.9 Å². The van der Waals surface area contributed by atoms with Crippen molar-refractivity contribution in [3.8, 4) is 0 Å². The lowest BCUT2D eigenvalue weighted by atomic mass is 9.82. The second-order valence-corrected chi connectivity index (χ2v) is 6.99. The van der Waals surface area contributed by atoms with Gasteiger partial charge in [0.25, 0.3) is 0 Å². The molecule has 23 heavy (non-hydrogen) atoms. The molecule has 2 aromatic rings. The SMILES string of the molecule is COC(=O)C1=C(c2ccc(Br)cc2)Cc2ccc(Br)cc2C1=O. The van der Waals surface area contributed by atoms with Crippen molar-refractivity contribution >= 4 is 49.2 Å². The molecule has 0 bridgehead atoms. The smallest absolute Gasteiger partial charge is 0.342 e. The molecule has 0 radical (unpaired) electrons. The molecule has 2 aromatic carbocycles. The van der Waals surface area contributed by atoms with Gasteiger partial charge in [0.1, 0.15) is 5.57 Å². The molecule has 0 N–H and O–H groups in total. The molecule has 0 saturated heterocycles. The fraction of sp³-hybridized carbons (Fsp3) is 0.111. The van der Waals surface area contributed by atoms with Gasteiger partial charge in [-0.25, -0.2) is 4.79 Å². The summed E-state index contributed by atoms with van der Waals surface area (Å²) in [6, 6.07) is 13.1. The quantitative estimate of drug-likeness (QED) is 0.512. The number of benzene rings is 2. The van der Waals surface area contributed by atoms with E-state index in [-0.39, 0.29) is 11.4 Å². The third-order valence-corrected chi connectivity index (χ3v) is 4.82. The van der Waals surface area contributed by atoms with Crippen LogP contribution in [0.3, 0.4) is 0 Å². The van der Waals surface area contributed by atoms with Crippen LogP contribution >= 0.6 is 31.9 Å². The summed E-state index contributed by atoms with van der Waals surface area (Å²) in [7, 11) is 1.29. The molecular formula is C18H12Br2O3. The van der Waals surface area contributed by atoms with Gasteiger partial charge in [0, 0.05) is 14.5 Å². The maximum absolute atomic E-state index is 12.8. The Morgan fingerprint density at radius 3 is 2.35 bits per heavy atom. The Hall–Kier alpha value is -1.72. The monoisotopic (exact) mass is 434 g/mol. The number of allylic oxidation sites excluding steroid dienone is 1. The molecule has 0 aliphatic heterocycles. The summed E-state index contributed by atoms with van der Waals surface area (Å²) in [4.78, 5) is 25.0. The Morgan fingerprint density at radius 1 is 1.04 bits per heavy atom. The zero-order valence-electron chi connectivity index (χ0n) is 12.2. The predicted molar refractivity (Wildman–Crippen MR) is 95.3 cm³/mol. The van der Waals surface area contributed by atoms with Crippen molar-refractivity contribution in [2.24, 2.45) is 0 Å². The normalized spacial score (nSPS) is 13.8. The van der Waals surface area contributed by atoms with Gasteiger partial charge < -0.3 is 4.74 Å². The van der Waals surface area contributed by atoms with Crippen LogP contribution in [0.15, 0.2) is 57.0 Å². The molecule has 1 aliphatic rings. The number of carbonyl (C=O) groups excluding carboxylic acids is 2. The van der Waals surface area contributed by atoms with Gasteiger partial charge in [-0.05, 0) is 47.4 Å². The molecule has 1 aliphatic carbocycles. The van der Waals surface area contributed by atoms with Crippen LogP contribution in [0.2, 0.25) is 0 Å². The zero-order chi connectivity index (χ0) is 16.6. The molecule has 0 fully saturated rings. The van der Waals surface area contributed by atoms with Gasteiger partial charge in [-0.1, -0.05) is 50.1 Å². The first-order valence-electron chi connectivity index (χ1n) is 6.92. The third kappa shape index (κ3) is 3.03. The van der Waals surface area contributed by atoms with Crippen LogP contribution in [-0.4, -0.2) is 18.9 Å². The van der Waals surface area contributed by atoms with Crippen molar-refractivity contribution in [2.45, 2.75) is 6.42 Å². The van der Waals surface area contributed by atoms with Crippen molar-refractivity contribution in [3.05, 3.63) is 73.7 Å². The van der Waals surface area contributed by atoms with Crippen LogP contribution in [-0.2, 0) is 16.0 Å². The fourth-order valence-electron chi connectivity index (χ4n) is 2.68. The molecule has 5 heteroatoms. The molecule has 0 heterocycles. The van der Waals surface area contributed by atoms with E-state index in [0.29, 0.717) is 17.6 Å². The Balaban J connectivity index is 2.20. The van der Waals surface area contributed by atoms with Crippen molar-refractivity contribution in [1.82, 2.24) is 0 Å². The molecule has 0 spiro atoms. The average Bonchev–Trinajstić information content (AvgIpc) is 2.55. The minimum absolute atomic E-state index is 0.112. The Kier molecular flexibility index (Phi) is 4.50. The highest BCUT2D eigenvalue weighted by Crippen LogP contribution is 2.34. The summed E-state index contributed by atoms with van der Waals surface area (Å²) < 4.78 is 6.59. The van der Waals surface area contributed by atoms with E-state index < -0.39 is 5.97 Å². The number of rotatable bonds is 2. The van der Waals surface area contributed by atoms with Crippen LogP contribution in [0, 0.1) is 0 Å². The fourth-order valence-corrected chi connectivity index (χ4v) is 3.31. The van der Waals surface area contributed by atoms with Gasteiger partial charge in [-0.15, -0.1) is 0 Å². The summed E-state index contributed by atoms with van der Waals surface area (Å²) in [5.74, 6) is -0.893. The predicted octanol–water partition coefficient (Wildman–Crippen LogP) is 4.58. The second-order valence-electron chi connectivity index (χ2n) is 5.16. The molecule has 0 atom stereocenters. The van der Waals surface area contributed by atoms with Crippen LogP contribution in [0.4, 0.5) is 0 Å². The minimum Gasteiger partial charge on any atom is -0.465 e. The lowest BCUT2D eigenvalue weighted by Crippen LogP contribution is -2.23. The number of ketones is 1. The third-order valence-electron chi connectivity index (χ3n) is 3.79. The Labute approximate surface area is 150 Å². The molecule has 3 nitrogen and oxygen atoms in total. The van der Waals surface area contributed by atoms with E-state index in [1.54, 1.807) is 6.07 Å². The first kappa shape index (κ1) is 16.1. The summed E-state index contributed by atoms with van der Waals surface area (Å²) in [6.45, 7) is 0. The number of hydrogen-bond acceptors (Lipinski definition) is 3. The highest BCUT2D eigenvalue weighted by atomic mass is 79.9. The van der Waals surface area contributed by atoms with E-state index >= 15 is 0 Å². The molecular weight excluding hydrogens is 424 g/mol. The van der Waals surface area contributed by atoms with E-state index in [9.17, 15) is 9.59 Å². The van der Waals surface area contributed by atoms with Crippen LogP contribution in [0.5, 0.6) is 0 Å². The first-order valence-corrected chi connectivity index (χ1v) is 8.50. The van der Waals surface area contributed by atoms with Gasteiger partial charge in [0.15, 0.2) is 0 Å². The van der Waals surface area contributed by atoms with E-state index in [1.165, 1.54) is 7.11 Å². The largest absolute Gasteiger partial charge is 0.465 e. The van der Waals surface area contributed by atoms with Gasteiger partial charge in [0.2, 0.25) is 5.78 Å². The molecule has 0 unspecified atom stereocenters. The minimum atomic E-state index is -0.599. The van der Waals surface area contributed by atoms with Gasteiger partial charge in [-0.2, -0.15) is 0 Å². The molecule has 0 saturated carbocycles. The summed E-state index contributed by atoms with van der Waals surface area (Å²) in [5, 5.41) is 0. The Bertz CT molecular complexity index is 836. The summed E-state index contributed by atoms with van der Waals surface area (Å²) >= 11 is 6.76. The number of carbonyl (C=O) groups is 2. The van der Waals surface area contributed by atoms with E-state index in [4.69, 9.17) is 4.74 Å². The standard InChI is InChI=1S/C18H12Br2O3/c1-23-18(22)16-14(10-2-5-12(19)6-3-10)8-11-4-7-13(20)9-15(11)17(16)21/h2-7,9H,8H2,1H3. The maximum Gasteiger partial charge on any atom is 0.342 e. The zero-order valence-corrected chi connectivity index (χ0v) is 15.4. The van der Waals surface area contributed by atoms with Crippen LogP contribution in [0.25, 0.3) is 5.57 Å².